The molecule has 1 aliphatic heterocycles. The van der Waals surface area contributed by atoms with Gasteiger partial charge >= 0.3 is 5.97 Å². The van der Waals surface area contributed by atoms with Gasteiger partial charge in [-0.3, -0.25) is 14.7 Å². The number of carboxylic acids is 1. The van der Waals surface area contributed by atoms with E-state index in [1.807, 2.05) is 24.3 Å². The molecule has 0 radical (unpaired) electrons. The predicted octanol–water partition coefficient (Wildman–Crippen LogP) is 5.33. The lowest BCUT2D eigenvalue weighted by Crippen LogP contribution is -2.35. The summed E-state index contributed by atoms with van der Waals surface area (Å²) in [6.07, 6.45) is 7.70. The number of nitrogens with zero attached hydrogens (tertiary/aromatic N) is 2. The van der Waals surface area contributed by atoms with Crippen molar-refractivity contribution < 1.29 is 23.4 Å². The number of rotatable bonds is 9. The summed E-state index contributed by atoms with van der Waals surface area (Å²) in [4.78, 5) is 18.7. The number of fused-ring (bicyclic) bond motifs is 1. The lowest BCUT2D eigenvalue weighted by Gasteiger charge is -2.24. The Bertz CT molecular complexity index is 1210. The molecule has 0 bridgehead atoms. The maximum atomic E-state index is 13.8. The fourth-order valence-corrected chi connectivity index (χ4v) is 4.72. The molecule has 5 nitrogen and oxygen atoms in total. The van der Waals surface area contributed by atoms with E-state index < -0.39 is 23.0 Å². The van der Waals surface area contributed by atoms with Gasteiger partial charge in [-0.25, -0.2) is 8.78 Å². The highest BCUT2D eigenvalue weighted by molar-refractivity contribution is 5.83. The van der Waals surface area contributed by atoms with Gasteiger partial charge in [-0.2, -0.15) is 0 Å². The summed E-state index contributed by atoms with van der Waals surface area (Å²) < 4.78 is 32.5. The largest absolute Gasteiger partial charge is 0.497 e. The predicted molar refractivity (Wildman–Crippen MR) is 128 cm³/mol. The zero-order valence-corrected chi connectivity index (χ0v) is 19.1. The van der Waals surface area contributed by atoms with Crippen LogP contribution in [-0.4, -0.2) is 47.7 Å². The molecule has 7 heteroatoms. The zero-order valence-electron chi connectivity index (χ0n) is 19.1. The van der Waals surface area contributed by atoms with Crippen LogP contribution in [0.3, 0.4) is 0 Å². The quantitative estimate of drug-likeness (QED) is 0.462. The summed E-state index contributed by atoms with van der Waals surface area (Å²) in [5.41, 5.74) is 1.39. The Kier molecular flexibility index (Phi) is 7.22. The molecular weight excluding hydrogens is 438 g/mol. The molecule has 2 aromatic carbocycles. The summed E-state index contributed by atoms with van der Waals surface area (Å²) in [5.74, 6) is -0.995. The number of halogens is 2. The Hall–Kier alpha value is -3.32. The molecule has 178 valence electrons. The van der Waals surface area contributed by atoms with Crippen molar-refractivity contribution >= 4 is 22.9 Å². The number of pyridine rings is 1. The summed E-state index contributed by atoms with van der Waals surface area (Å²) in [6, 6.07) is 11.1. The molecule has 0 spiro atoms. The number of carbonyl (C=O) groups is 1. The lowest BCUT2D eigenvalue weighted by atomic mass is 9.81. The number of aryl methyl sites for hydroxylation is 1. The summed E-state index contributed by atoms with van der Waals surface area (Å²) in [7, 11) is 1.63. The van der Waals surface area contributed by atoms with Gasteiger partial charge in [0.2, 0.25) is 0 Å². The molecule has 0 saturated carbocycles. The Morgan fingerprint density at radius 2 is 2.09 bits per heavy atom. The van der Waals surface area contributed by atoms with Crippen LogP contribution in [0, 0.1) is 17.0 Å². The average Bonchev–Trinajstić information content (AvgIpc) is 3.25. The second-order valence-corrected chi connectivity index (χ2v) is 8.85. The fourth-order valence-electron chi connectivity index (χ4n) is 4.72. The minimum Gasteiger partial charge on any atom is -0.497 e. The van der Waals surface area contributed by atoms with Crippen molar-refractivity contribution in [1.29, 1.82) is 0 Å². The van der Waals surface area contributed by atoms with Gasteiger partial charge in [-0.1, -0.05) is 12.2 Å². The molecule has 0 aliphatic carbocycles. The van der Waals surface area contributed by atoms with E-state index in [-0.39, 0.29) is 5.56 Å². The highest BCUT2D eigenvalue weighted by Crippen LogP contribution is 2.36. The van der Waals surface area contributed by atoms with Gasteiger partial charge in [-0.15, -0.1) is 0 Å². The highest BCUT2D eigenvalue weighted by atomic mass is 19.1. The first-order valence-corrected chi connectivity index (χ1v) is 11.4. The van der Waals surface area contributed by atoms with Crippen LogP contribution < -0.4 is 4.74 Å². The second kappa shape index (κ2) is 10.3. The average molecular weight is 467 g/mol. The molecule has 1 fully saturated rings. The van der Waals surface area contributed by atoms with Gasteiger partial charge in [-0.05, 0) is 80.3 Å². The van der Waals surface area contributed by atoms with Crippen LogP contribution in [0.1, 0.15) is 30.4 Å². The van der Waals surface area contributed by atoms with Gasteiger partial charge in [0.25, 0.3) is 0 Å². The minimum atomic E-state index is -0.807. The monoisotopic (exact) mass is 466 g/mol. The molecule has 1 atom stereocenters. The first-order chi connectivity index (χ1) is 16.4. The lowest BCUT2D eigenvalue weighted by molar-refractivity contribution is -0.148. The van der Waals surface area contributed by atoms with Crippen LogP contribution in [0.15, 0.2) is 54.7 Å². The van der Waals surface area contributed by atoms with Crippen molar-refractivity contribution in [1.82, 2.24) is 9.88 Å². The topological polar surface area (TPSA) is 62.7 Å². The Labute approximate surface area is 197 Å². The van der Waals surface area contributed by atoms with Crippen molar-refractivity contribution in [2.24, 2.45) is 5.41 Å². The first-order valence-electron chi connectivity index (χ1n) is 11.4. The summed E-state index contributed by atoms with van der Waals surface area (Å²) in [5, 5.41) is 11.0. The molecule has 0 amide bonds. The number of aromatic nitrogens is 1. The van der Waals surface area contributed by atoms with Crippen molar-refractivity contribution in [3.05, 3.63) is 77.5 Å². The van der Waals surface area contributed by atoms with Gasteiger partial charge in [0, 0.05) is 30.2 Å². The van der Waals surface area contributed by atoms with Crippen LogP contribution in [-0.2, 0) is 11.2 Å². The third kappa shape index (κ3) is 5.25. The van der Waals surface area contributed by atoms with Crippen molar-refractivity contribution in [3.8, 4) is 5.75 Å². The third-order valence-corrected chi connectivity index (χ3v) is 6.65. The zero-order chi connectivity index (χ0) is 24.1. The molecular formula is C27H28F2N2O3. The minimum absolute atomic E-state index is 0.185. The van der Waals surface area contributed by atoms with Crippen LogP contribution in [0.25, 0.3) is 17.0 Å². The summed E-state index contributed by atoms with van der Waals surface area (Å²) >= 11 is 0. The molecule has 1 aliphatic rings. The van der Waals surface area contributed by atoms with Crippen LogP contribution >= 0.6 is 0 Å². The molecule has 1 N–H and O–H groups in total. The number of likely N-dealkylation sites (tertiary alicyclic amines) is 1. The van der Waals surface area contributed by atoms with E-state index in [1.54, 1.807) is 25.5 Å². The van der Waals surface area contributed by atoms with E-state index in [0.717, 1.165) is 53.3 Å². The van der Waals surface area contributed by atoms with Gasteiger partial charge in [0.1, 0.15) is 17.4 Å². The standard InChI is InChI=1S/C27H28F2N2O3/c1-34-22-7-9-25-23(17-22)19(10-13-30-25)4-2-11-27(26(32)33)12-15-31(18-27)14-3-5-20-16-21(28)6-8-24(20)29/h3,5-10,13,16-17H,2,4,11-12,14-15,18H2,1H3,(H,32,33). The van der Waals surface area contributed by atoms with Crippen molar-refractivity contribution in [2.45, 2.75) is 25.7 Å². The van der Waals surface area contributed by atoms with E-state index in [0.29, 0.717) is 32.5 Å². The van der Waals surface area contributed by atoms with Crippen molar-refractivity contribution in [3.63, 3.8) is 0 Å². The number of carboxylic acid groups (broad SMARTS) is 1. The first kappa shape index (κ1) is 23.8. The van der Waals surface area contributed by atoms with E-state index in [2.05, 4.69) is 9.88 Å². The second-order valence-electron chi connectivity index (χ2n) is 8.85. The Morgan fingerprint density at radius 3 is 2.88 bits per heavy atom. The van der Waals surface area contributed by atoms with Crippen LogP contribution in [0.2, 0.25) is 0 Å². The molecule has 1 aromatic heterocycles. The summed E-state index contributed by atoms with van der Waals surface area (Å²) in [6.45, 7) is 1.57. The highest BCUT2D eigenvalue weighted by Gasteiger charge is 2.43. The number of aliphatic carboxylic acids is 1. The van der Waals surface area contributed by atoms with Crippen LogP contribution in [0.4, 0.5) is 8.78 Å². The molecule has 34 heavy (non-hydrogen) atoms. The van der Waals surface area contributed by atoms with Gasteiger partial charge < -0.3 is 9.84 Å². The molecule has 2 heterocycles. The number of benzene rings is 2. The maximum Gasteiger partial charge on any atom is 0.310 e. The molecule has 4 rings (SSSR count). The Balaban J connectivity index is 1.38. The van der Waals surface area contributed by atoms with E-state index in [4.69, 9.17) is 4.74 Å². The smallest absolute Gasteiger partial charge is 0.310 e. The normalized spacial score (nSPS) is 18.7. The SMILES string of the molecule is COc1ccc2nccc(CCCC3(C(=O)O)CCN(CC=Cc4cc(F)ccc4F)C3)c2c1. The van der Waals surface area contributed by atoms with E-state index in [9.17, 15) is 18.7 Å². The van der Waals surface area contributed by atoms with Gasteiger partial charge in [0.15, 0.2) is 0 Å². The Morgan fingerprint density at radius 1 is 1.24 bits per heavy atom. The fraction of sp³-hybridized carbons (Fsp3) is 0.333. The number of hydrogen-bond donors (Lipinski definition) is 1. The molecule has 3 aromatic rings. The van der Waals surface area contributed by atoms with Crippen molar-refractivity contribution in [2.75, 3.05) is 26.7 Å². The van der Waals surface area contributed by atoms with Gasteiger partial charge in [0.05, 0.1) is 18.0 Å². The maximum absolute atomic E-state index is 13.8. The number of hydrogen-bond acceptors (Lipinski definition) is 4. The number of methoxy groups -OCH3 is 1. The molecule has 1 saturated heterocycles. The number of ether oxygens (including phenoxy) is 1. The van der Waals surface area contributed by atoms with E-state index in [1.165, 1.54) is 0 Å². The van der Waals surface area contributed by atoms with Crippen LogP contribution in [0.5, 0.6) is 5.75 Å². The molecule has 1 unspecified atom stereocenters. The third-order valence-electron chi connectivity index (χ3n) is 6.65. The van der Waals surface area contributed by atoms with E-state index >= 15 is 0 Å².